The highest BCUT2D eigenvalue weighted by Gasteiger charge is 2.09. The van der Waals surface area contributed by atoms with Crippen molar-refractivity contribution >= 4 is 27.4 Å². The van der Waals surface area contributed by atoms with Crippen LogP contribution in [0.2, 0.25) is 0 Å². The zero-order valence-electron chi connectivity index (χ0n) is 8.71. The van der Waals surface area contributed by atoms with E-state index in [0.29, 0.717) is 17.6 Å². The maximum Gasteiger partial charge on any atom is 0.149 e. The standard InChI is InChI=1S/C10H16BrN3/c1-6(2)7(3)14-10-9(12)4-8(11)5-13-10/h4-7H,12H2,1-3H3,(H,13,14). The fraction of sp³-hybridized carbons (Fsp3) is 0.500. The summed E-state index contributed by atoms with van der Waals surface area (Å²) in [5.41, 5.74) is 6.49. The van der Waals surface area contributed by atoms with Crippen molar-refractivity contribution < 1.29 is 0 Å². The fourth-order valence-electron chi connectivity index (χ4n) is 0.958. The summed E-state index contributed by atoms with van der Waals surface area (Å²) in [7, 11) is 0. The molecule has 0 saturated carbocycles. The van der Waals surface area contributed by atoms with E-state index in [-0.39, 0.29) is 0 Å². The van der Waals surface area contributed by atoms with Crippen LogP contribution in [-0.2, 0) is 0 Å². The summed E-state index contributed by atoms with van der Waals surface area (Å²) >= 11 is 3.32. The number of halogens is 1. The lowest BCUT2D eigenvalue weighted by atomic mass is 10.1. The average Bonchev–Trinajstić information content (AvgIpc) is 2.09. The molecule has 0 aromatic carbocycles. The van der Waals surface area contributed by atoms with Crippen molar-refractivity contribution in [2.75, 3.05) is 11.1 Å². The summed E-state index contributed by atoms with van der Waals surface area (Å²) in [6.07, 6.45) is 1.74. The molecule has 3 N–H and O–H groups in total. The number of nitrogens with two attached hydrogens (primary N) is 1. The SMILES string of the molecule is CC(C)C(C)Nc1ncc(Br)cc1N. The van der Waals surface area contributed by atoms with Crippen LogP contribution in [0.5, 0.6) is 0 Å². The molecule has 14 heavy (non-hydrogen) atoms. The molecule has 0 saturated heterocycles. The Morgan fingerprint density at radius 1 is 1.43 bits per heavy atom. The minimum atomic E-state index is 0.367. The van der Waals surface area contributed by atoms with E-state index in [9.17, 15) is 0 Å². The smallest absolute Gasteiger partial charge is 0.149 e. The Balaban J connectivity index is 2.77. The predicted molar refractivity (Wildman–Crippen MR) is 64.3 cm³/mol. The monoisotopic (exact) mass is 257 g/mol. The number of anilines is 2. The van der Waals surface area contributed by atoms with E-state index in [2.05, 4.69) is 47.0 Å². The first-order chi connectivity index (χ1) is 6.50. The van der Waals surface area contributed by atoms with E-state index >= 15 is 0 Å². The molecular formula is C10H16BrN3. The lowest BCUT2D eigenvalue weighted by Gasteiger charge is -2.19. The molecule has 1 atom stereocenters. The Morgan fingerprint density at radius 2 is 2.07 bits per heavy atom. The summed E-state index contributed by atoms with van der Waals surface area (Å²) < 4.78 is 0.901. The summed E-state index contributed by atoms with van der Waals surface area (Å²) in [5, 5.41) is 3.28. The number of hydrogen-bond acceptors (Lipinski definition) is 3. The first-order valence-electron chi connectivity index (χ1n) is 4.68. The average molecular weight is 258 g/mol. The van der Waals surface area contributed by atoms with Crippen LogP contribution in [0.25, 0.3) is 0 Å². The van der Waals surface area contributed by atoms with Gasteiger partial charge < -0.3 is 11.1 Å². The highest BCUT2D eigenvalue weighted by molar-refractivity contribution is 9.10. The summed E-state index contributed by atoms with van der Waals surface area (Å²) in [6.45, 7) is 6.44. The number of aromatic nitrogens is 1. The van der Waals surface area contributed by atoms with Crippen LogP contribution in [0.3, 0.4) is 0 Å². The molecule has 1 heterocycles. The number of pyridine rings is 1. The van der Waals surface area contributed by atoms with Crippen LogP contribution in [0.1, 0.15) is 20.8 Å². The van der Waals surface area contributed by atoms with Gasteiger partial charge in [-0.15, -0.1) is 0 Å². The van der Waals surface area contributed by atoms with Crippen LogP contribution in [0.15, 0.2) is 16.7 Å². The molecule has 4 heteroatoms. The maximum absolute atomic E-state index is 5.81. The second-order valence-electron chi connectivity index (χ2n) is 3.77. The summed E-state index contributed by atoms with van der Waals surface area (Å²) in [4.78, 5) is 4.22. The Hall–Kier alpha value is -0.770. The molecule has 1 aromatic heterocycles. The summed E-state index contributed by atoms with van der Waals surface area (Å²) in [6, 6.07) is 2.22. The number of nitrogen functional groups attached to an aromatic ring is 1. The minimum Gasteiger partial charge on any atom is -0.396 e. The largest absolute Gasteiger partial charge is 0.396 e. The second kappa shape index (κ2) is 4.64. The number of rotatable bonds is 3. The van der Waals surface area contributed by atoms with Crippen LogP contribution < -0.4 is 11.1 Å². The predicted octanol–water partition coefficient (Wildman–Crippen LogP) is 2.88. The molecule has 0 spiro atoms. The molecule has 0 bridgehead atoms. The van der Waals surface area contributed by atoms with Gasteiger partial charge in [-0.05, 0) is 34.8 Å². The molecule has 3 nitrogen and oxygen atoms in total. The van der Waals surface area contributed by atoms with Gasteiger partial charge in [-0.25, -0.2) is 4.98 Å². The quantitative estimate of drug-likeness (QED) is 0.876. The lowest BCUT2D eigenvalue weighted by Crippen LogP contribution is -2.22. The lowest BCUT2D eigenvalue weighted by molar-refractivity contribution is 0.558. The third-order valence-corrected chi connectivity index (χ3v) is 2.68. The molecule has 0 amide bonds. The topological polar surface area (TPSA) is 50.9 Å². The van der Waals surface area contributed by atoms with Crippen LogP contribution >= 0.6 is 15.9 Å². The van der Waals surface area contributed by atoms with E-state index < -0.39 is 0 Å². The fourth-order valence-corrected chi connectivity index (χ4v) is 1.31. The Morgan fingerprint density at radius 3 is 2.57 bits per heavy atom. The van der Waals surface area contributed by atoms with E-state index in [1.54, 1.807) is 6.20 Å². The molecule has 0 aliphatic rings. The van der Waals surface area contributed by atoms with Crippen molar-refractivity contribution in [2.24, 2.45) is 5.92 Å². The van der Waals surface area contributed by atoms with Crippen molar-refractivity contribution in [1.82, 2.24) is 4.98 Å². The Kier molecular flexibility index (Phi) is 3.75. The van der Waals surface area contributed by atoms with Gasteiger partial charge in [0.05, 0.1) is 5.69 Å². The molecule has 0 aliphatic heterocycles. The maximum atomic E-state index is 5.81. The molecule has 78 valence electrons. The van der Waals surface area contributed by atoms with Crippen LogP contribution in [0, 0.1) is 5.92 Å². The summed E-state index contributed by atoms with van der Waals surface area (Å²) in [5.74, 6) is 1.31. The molecule has 0 radical (unpaired) electrons. The van der Waals surface area contributed by atoms with E-state index in [1.807, 2.05) is 6.07 Å². The van der Waals surface area contributed by atoms with Gasteiger partial charge in [0.15, 0.2) is 0 Å². The van der Waals surface area contributed by atoms with Crippen molar-refractivity contribution in [3.63, 3.8) is 0 Å². The van der Waals surface area contributed by atoms with Gasteiger partial charge in [0.1, 0.15) is 5.82 Å². The van der Waals surface area contributed by atoms with E-state index in [4.69, 9.17) is 5.73 Å². The van der Waals surface area contributed by atoms with Crippen molar-refractivity contribution in [1.29, 1.82) is 0 Å². The number of nitrogens with one attached hydrogen (secondary N) is 1. The molecular weight excluding hydrogens is 242 g/mol. The molecule has 1 unspecified atom stereocenters. The third kappa shape index (κ3) is 2.87. The van der Waals surface area contributed by atoms with Gasteiger partial charge in [0.2, 0.25) is 0 Å². The third-order valence-electron chi connectivity index (χ3n) is 2.25. The first-order valence-corrected chi connectivity index (χ1v) is 5.47. The van der Waals surface area contributed by atoms with Gasteiger partial charge in [0, 0.05) is 16.7 Å². The van der Waals surface area contributed by atoms with E-state index in [1.165, 1.54) is 0 Å². The van der Waals surface area contributed by atoms with Gasteiger partial charge in [-0.3, -0.25) is 0 Å². The van der Waals surface area contributed by atoms with Gasteiger partial charge in [-0.2, -0.15) is 0 Å². The Bertz CT molecular complexity index is 312. The molecule has 1 aromatic rings. The van der Waals surface area contributed by atoms with Crippen molar-refractivity contribution in [3.8, 4) is 0 Å². The van der Waals surface area contributed by atoms with Gasteiger partial charge in [-0.1, -0.05) is 13.8 Å². The zero-order chi connectivity index (χ0) is 10.7. The van der Waals surface area contributed by atoms with Crippen LogP contribution in [0.4, 0.5) is 11.5 Å². The minimum absolute atomic E-state index is 0.367. The molecule has 1 rings (SSSR count). The number of hydrogen-bond donors (Lipinski definition) is 2. The number of nitrogens with zero attached hydrogens (tertiary/aromatic N) is 1. The van der Waals surface area contributed by atoms with Gasteiger partial charge in [0.25, 0.3) is 0 Å². The normalized spacial score (nSPS) is 12.9. The first kappa shape index (κ1) is 11.3. The molecule has 0 aliphatic carbocycles. The zero-order valence-corrected chi connectivity index (χ0v) is 10.3. The van der Waals surface area contributed by atoms with Crippen molar-refractivity contribution in [2.45, 2.75) is 26.8 Å². The Labute approximate surface area is 93.2 Å². The highest BCUT2D eigenvalue weighted by Crippen LogP contribution is 2.21. The highest BCUT2D eigenvalue weighted by atomic mass is 79.9. The van der Waals surface area contributed by atoms with Gasteiger partial charge >= 0.3 is 0 Å². The molecule has 0 fully saturated rings. The van der Waals surface area contributed by atoms with Crippen molar-refractivity contribution in [3.05, 3.63) is 16.7 Å². The van der Waals surface area contributed by atoms with Crippen LogP contribution in [-0.4, -0.2) is 11.0 Å². The van der Waals surface area contributed by atoms with E-state index in [0.717, 1.165) is 10.3 Å². The second-order valence-corrected chi connectivity index (χ2v) is 4.68.